The summed E-state index contributed by atoms with van der Waals surface area (Å²) in [4.78, 5) is 75.7. The van der Waals surface area contributed by atoms with Crippen molar-refractivity contribution in [3.05, 3.63) is 114 Å². The van der Waals surface area contributed by atoms with Gasteiger partial charge in [0.15, 0.2) is 0 Å². The monoisotopic (exact) mass is 923 g/mol. The summed E-state index contributed by atoms with van der Waals surface area (Å²) in [5, 5.41) is 5.48. The quantitative estimate of drug-likeness (QED) is 0.0869. The number of carbonyl (C=O) groups excluding carboxylic acids is 4. The van der Waals surface area contributed by atoms with E-state index in [9.17, 15) is 19.2 Å². The van der Waals surface area contributed by atoms with Crippen LogP contribution in [0.25, 0.3) is 22.1 Å². The van der Waals surface area contributed by atoms with Gasteiger partial charge in [0.25, 0.3) is 0 Å². The molecule has 16 nitrogen and oxygen atoms in total. The molecule has 16 heteroatoms. The van der Waals surface area contributed by atoms with Crippen molar-refractivity contribution in [2.24, 2.45) is 11.8 Å². The van der Waals surface area contributed by atoms with Gasteiger partial charge in [0.2, 0.25) is 11.8 Å². The van der Waals surface area contributed by atoms with Crippen molar-refractivity contribution in [3.8, 4) is 11.5 Å². The van der Waals surface area contributed by atoms with Crippen molar-refractivity contribution < 1.29 is 33.4 Å². The molecule has 1 unspecified atom stereocenters. The van der Waals surface area contributed by atoms with E-state index < -0.39 is 24.3 Å². The van der Waals surface area contributed by atoms with E-state index in [2.05, 4.69) is 74.0 Å². The van der Waals surface area contributed by atoms with Crippen LogP contribution < -0.4 is 20.3 Å². The highest BCUT2D eigenvalue weighted by atomic mass is 16.5. The van der Waals surface area contributed by atoms with Gasteiger partial charge in [-0.15, -0.1) is 0 Å². The highest BCUT2D eigenvalue weighted by Crippen LogP contribution is 2.48. The molecule has 3 fully saturated rings. The first-order valence-corrected chi connectivity index (χ1v) is 23.8. The van der Waals surface area contributed by atoms with Gasteiger partial charge < -0.3 is 49.5 Å². The van der Waals surface area contributed by atoms with Gasteiger partial charge in [-0.3, -0.25) is 9.59 Å². The van der Waals surface area contributed by atoms with E-state index in [0.29, 0.717) is 13.1 Å². The van der Waals surface area contributed by atoms with E-state index in [-0.39, 0.29) is 47.8 Å². The highest BCUT2D eigenvalue weighted by Gasteiger charge is 2.40. The van der Waals surface area contributed by atoms with Crippen LogP contribution in [0, 0.1) is 11.8 Å². The Kier molecular flexibility index (Phi) is 13.3. The lowest BCUT2D eigenvalue weighted by Gasteiger charge is -2.33. The minimum Gasteiger partial charge on any atom is -0.457 e. The summed E-state index contributed by atoms with van der Waals surface area (Å²) in [5.41, 5.74) is 6.72. The normalized spacial score (nSPS) is 20.3. The number of anilines is 1. The van der Waals surface area contributed by atoms with Crippen LogP contribution >= 0.6 is 0 Å². The maximum Gasteiger partial charge on any atom is 0.407 e. The largest absolute Gasteiger partial charge is 0.457 e. The third-order valence-electron chi connectivity index (χ3n) is 13.8. The average molecular weight is 924 g/mol. The second kappa shape index (κ2) is 19.6. The van der Waals surface area contributed by atoms with Crippen molar-refractivity contribution >= 4 is 51.8 Å². The Morgan fingerprint density at radius 3 is 1.49 bits per heavy atom. The third-order valence-corrected chi connectivity index (χ3v) is 13.8. The summed E-state index contributed by atoms with van der Waals surface area (Å²) >= 11 is 0. The van der Waals surface area contributed by atoms with Gasteiger partial charge in [0.05, 0.1) is 60.5 Å². The number of ether oxygens (including phenoxy) is 3. The van der Waals surface area contributed by atoms with E-state index in [0.717, 1.165) is 101 Å². The summed E-state index contributed by atoms with van der Waals surface area (Å²) in [6.45, 7) is 8.79. The van der Waals surface area contributed by atoms with Gasteiger partial charge in [-0.1, -0.05) is 58.0 Å². The zero-order valence-electron chi connectivity index (χ0n) is 39.5. The molecule has 3 aliphatic heterocycles. The molecular weight excluding hydrogens is 863 g/mol. The minimum atomic E-state index is -0.718. The summed E-state index contributed by atoms with van der Waals surface area (Å²) in [5.74, 6) is 2.41. The van der Waals surface area contributed by atoms with Crippen LogP contribution in [-0.2, 0) is 19.1 Å². The summed E-state index contributed by atoms with van der Waals surface area (Å²) in [7, 11) is 2.59. The molecule has 3 aliphatic rings. The van der Waals surface area contributed by atoms with Crippen LogP contribution in [0.2, 0.25) is 0 Å². The topological polar surface area (TPSA) is 187 Å². The second-order valence-corrected chi connectivity index (χ2v) is 18.8. The first-order chi connectivity index (χ1) is 32.9. The third kappa shape index (κ3) is 9.28. The van der Waals surface area contributed by atoms with Crippen LogP contribution in [0.5, 0.6) is 11.5 Å². The number of aromatic nitrogens is 4. The van der Waals surface area contributed by atoms with Crippen LogP contribution in [0.1, 0.15) is 113 Å². The Morgan fingerprint density at radius 2 is 1.04 bits per heavy atom. The number of hydrogen-bond donors (Lipinski definition) is 4. The van der Waals surface area contributed by atoms with Gasteiger partial charge >= 0.3 is 12.2 Å². The van der Waals surface area contributed by atoms with Crippen molar-refractivity contribution in [3.63, 3.8) is 0 Å². The van der Waals surface area contributed by atoms with Gasteiger partial charge in [-0.2, -0.15) is 0 Å². The predicted molar refractivity (Wildman–Crippen MR) is 258 cm³/mol. The van der Waals surface area contributed by atoms with Crippen LogP contribution in [-0.4, -0.2) is 93.1 Å². The molecule has 6 aromatic rings. The number of alkyl carbamates (subject to hydrolysis) is 2. The Morgan fingerprint density at radius 1 is 0.588 bits per heavy atom. The number of methoxy groups -OCH3 is 2. The molecule has 4 N–H and O–H groups in total. The number of fused-ring (bicyclic) bond motifs is 2. The standard InChI is InChI=1S/C52H61N9O7/c1-30(2)45(57-51(64)66-5)49(62)59-26-10-14-43(59)47-53-37-22-16-32(28-39(37)55-47)41-24-25-42(61(41)34-18-20-36(21-19-34)68-35-12-8-7-9-13-35)33-17-23-38-40(29-33)56-48(54-38)44-15-11-27-60(44)50(63)46(31(3)4)58-52(65)67-6/h7-9,12-13,16-23,28-31,41-46H,10-11,14-15,24-27H2,1-6H3,(H,53,55)(H,54,56)(H,57,64)(H,58,65)/t41-,42-,43+,44+,45+,46?/m1/s1. The maximum atomic E-state index is 13.9. The molecule has 356 valence electrons. The SMILES string of the molecule is COC(=O)NC(C(=O)N1CCC[C@H]1c1nc2cc([C@H]3CC[C@H](c4ccc5[nH]c([C@@H]6CCCN6C(=O)[C@@H](NC(=O)OC)C(C)C)nc5c4)N3c3ccc(Oc4ccccc4)cc3)ccc2[nH]1)C(C)C. The van der Waals surface area contributed by atoms with Crippen LogP contribution in [0.15, 0.2) is 91.0 Å². The molecule has 0 saturated carbocycles. The summed E-state index contributed by atoms with van der Waals surface area (Å²) in [6, 6.07) is 28.9. The fraction of sp³-hybridized carbons (Fsp3) is 0.423. The Balaban J connectivity index is 1.01. The summed E-state index contributed by atoms with van der Waals surface area (Å²) in [6.07, 6.45) is 3.67. The lowest BCUT2D eigenvalue weighted by molar-refractivity contribution is -0.136. The Bertz CT molecular complexity index is 2630. The summed E-state index contributed by atoms with van der Waals surface area (Å²) < 4.78 is 15.9. The lowest BCUT2D eigenvalue weighted by Crippen LogP contribution is -2.51. The smallest absolute Gasteiger partial charge is 0.407 e. The molecule has 4 amide bonds. The van der Waals surface area contributed by atoms with Crippen molar-refractivity contribution in [1.82, 2.24) is 40.4 Å². The molecule has 2 aromatic heterocycles. The Labute approximate surface area is 396 Å². The zero-order chi connectivity index (χ0) is 47.6. The molecule has 0 aliphatic carbocycles. The van der Waals surface area contributed by atoms with Gasteiger partial charge in [-0.25, -0.2) is 19.6 Å². The first-order valence-electron chi connectivity index (χ1n) is 23.8. The number of carbonyl (C=O) groups is 4. The maximum absolute atomic E-state index is 13.9. The number of amides is 4. The zero-order valence-corrected chi connectivity index (χ0v) is 39.5. The van der Waals surface area contributed by atoms with Crippen LogP contribution in [0.3, 0.4) is 0 Å². The Hall–Kier alpha value is -7.10. The number of nitrogens with one attached hydrogen (secondary N) is 4. The van der Waals surface area contributed by atoms with Crippen LogP contribution in [0.4, 0.5) is 15.3 Å². The van der Waals surface area contributed by atoms with E-state index in [1.165, 1.54) is 14.2 Å². The second-order valence-electron chi connectivity index (χ2n) is 18.8. The molecule has 0 spiro atoms. The molecule has 5 heterocycles. The highest BCUT2D eigenvalue weighted by molar-refractivity contribution is 5.87. The van der Waals surface area contributed by atoms with E-state index in [4.69, 9.17) is 24.2 Å². The number of para-hydroxylation sites is 1. The molecule has 0 radical (unpaired) electrons. The van der Waals surface area contributed by atoms with E-state index in [1.54, 1.807) is 0 Å². The molecule has 3 saturated heterocycles. The number of hydrogen-bond acceptors (Lipinski definition) is 10. The number of imidazole rings is 2. The molecular formula is C52H61N9O7. The molecule has 6 atom stereocenters. The number of aromatic amines is 2. The lowest BCUT2D eigenvalue weighted by atomic mass is 10.0. The minimum absolute atomic E-state index is 0.00204. The predicted octanol–water partition coefficient (Wildman–Crippen LogP) is 9.40. The van der Waals surface area contributed by atoms with E-state index >= 15 is 0 Å². The van der Waals surface area contributed by atoms with Gasteiger partial charge in [0, 0.05) is 18.8 Å². The number of H-pyrrole nitrogens is 2. The molecule has 68 heavy (non-hydrogen) atoms. The first kappa shape index (κ1) is 46.0. The fourth-order valence-electron chi connectivity index (χ4n) is 10.3. The van der Waals surface area contributed by atoms with Crippen molar-refractivity contribution in [2.75, 3.05) is 32.2 Å². The molecule has 0 bridgehead atoms. The van der Waals surface area contributed by atoms with Gasteiger partial charge in [0.1, 0.15) is 35.2 Å². The number of likely N-dealkylation sites (tertiary alicyclic amines) is 2. The fourth-order valence-corrected chi connectivity index (χ4v) is 10.3. The van der Waals surface area contributed by atoms with Crippen molar-refractivity contribution in [1.29, 1.82) is 0 Å². The number of benzene rings is 4. The van der Waals surface area contributed by atoms with Crippen molar-refractivity contribution in [2.45, 2.75) is 102 Å². The van der Waals surface area contributed by atoms with E-state index in [1.807, 2.05) is 80.0 Å². The van der Waals surface area contributed by atoms with Gasteiger partial charge in [-0.05, 0) is 122 Å². The molecule has 4 aromatic carbocycles. The average Bonchev–Trinajstić information content (AvgIpc) is 4.21. The number of rotatable bonds is 13. The molecule has 9 rings (SSSR count). The number of nitrogens with zero attached hydrogens (tertiary/aromatic N) is 5.